The zero-order chi connectivity index (χ0) is 19.9. The maximum absolute atomic E-state index is 10.8. The van der Waals surface area contributed by atoms with Gasteiger partial charge in [0.1, 0.15) is 0 Å². The molecule has 2 rings (SSSR count). The average Bonchev–Trinajstić information content (AvgIpc) is 2.57. The lowest BCUT2D eigenvalue weighted by molar-refractivity contribution is -0.131. The maximum Gasteiger partial charge on any atom is 0.328 e. The second-order valence-electron chi connectivity index (χ2n) is 8.17. The number of hydrogen-bond donors (Lipinski definition) is 1. The van der Waals surface area contributed by atoms with Crippen LogP contribution in [0.15, 0.2) is 65.8 Å². The fourth-order valence-electron chi connectivity index (χ4n) is 3.88. The molecular formula is C24H32O3. The summed E-state index contributed by atoms with van der Waals surface area (Å²) in [4.78, 5) is 10.8. The van der Waals surface area contributed by atoms with Crippen molar-refractivity contribution in [1.29, 1.82) is 0 Å². The first-order chi connectivity index (χ1) is 12.8. The van der Waals surface area contributed by atoms with E-state index < -0.39 is 5.97 Å². The molecule has 0 radical (unpaired) electrons. The van der Waals surface area contributed by atoms with Crippen LogP contribution in [0.3, 0.4) is 0 Å². The monoisotopic (exact) mass is 368 g/mol. The topological polar surface area (TPSA) is 46.5 Å². The molecule has 0 aliphatic heterocycles. The Bertz CT molecular complexity index is 710. The molecule has 1 N–H and O–H groups in total. The van der Waals surface area contributed by atoms with Crippen LogP contribution in [0.2, 0.25) is 0 Å². The van der Waals surface area contributed by atoms with Crippen LogP contribution in [0.1, 0.15) is 46.1 Å². The Labute approximate surface area is 163 Å². The molecule has 1 aromatic carbocycles. The van der Waals surface area contributed by atoms with Crippen molar-refractivity contribution in [3.63, 3.8) is 0 Å². The summed E-state index contributed by atoms with van der Waals surface area (Å²) in [6, 6.07) is 10.5. The van der Waals surface area contributed by atoms with Crippen molar-refractivity contribution in [2.45, 2.75) is 53.1 Å². The Morgan fingerprint density at radius 3 is 2.63 bits per heavy atom. The number of aryl methyl sites for hydroxylation is 1. The molecule has 0 bridgehead atoms. The molecule has 1 unspecified atom stereocenters. The zero-order valence-electron chi connectivity index (χ0n) is 16.9. The quantitative estimate of drug-likeness (QED) is 0.282. The largest absolute Gasteiger partial charge is 0.478 e. The second-order valence-corrected chi connectivity index (χ2v) is 8.17. The lowest BCUT2D eigenvalue weighted by Crippen LogP contribution is -2.34. The van der Waals surface area contributed by atoms with E-state index in [2.05, 4.69) is 57.2 Å². The summed E-state index contributed by atoms with van der Waals surface area (Å²) in [5, 5.41) is 8.85. The molecule has 0 aromatic heterocycles. The molecule has 0 fully saturated rings. The molecule has 146 valence electrons. The Morgan fingerprint density at radius 2 is 2.00 bits per heavy atom. The predicted octanol–water partition coefficient (Wildman–Crippen LogP) is 5.58. The minimum Gasteiger partial charge on any atom is -0.478 e. The predicted molar refractivity (Wildman–Crippen MR) is 111 cm³/mol. The van der Waals surface area contributed by atoms with Crippen molar-refractivity contribution in [2.24, 2.45) is 11.3 Å². The maximum atomic E-state index is 10.8. The molecule has 27 heavy (non-hydrogen) atoms. The molecule has 2 atom stereocenters. The SMILES string of the molecule is CC1=CC(OCCCc2ccccc2)CC(C)(C)[C@H]1/C=C/C(C)=C\C(=O)O. The third-order valence-corrected chi connectivity index (χ3v) is 5.20. The molecule has 0 heterocycles. The van der Waals surface area contributed by atoms with Gasteiger partial charge in [0.25, 0.3) is 0 Å². The second kappa shape index (κ2) is 9.70. The number of carbonyl (C=O) groups is 1. The minimum absolute atomic E-state index is 0.0724. The highest BCUT2D eigenvalue weighted by Crippen LogP contribution is 2.42. The lowest BCUT2D eigenvalue weighted by atomic mass is 9.67. The molecular weight excluding hydrogens is 336 g/mol. The third-order valence-electron chi connectivity index (χ3n) is 5.20. The van der Waals surface area contributed by atoms with Gasteiger partial charge in [0.15, 0.2) is 0 Å². The van der Waals surface area contributed by atoms with Gasteiger partial charge in [-0.1, -0.05) is 68.0 Å². The molecule has 0 saturated heterocycles. The van der Waals surface area contributed by atoms with Gasteiger partial charge in [-0.15, -0.1) is 0 Å². The van der Waals surface area contributed by atoms with Crippen molar-refractivity contribution in [3.05, 3.63) is 71.3 Å². The Hall–Kier alpha value is -2.13. The molecule has 1 aliphatic rings. The van der Waals surface area contributed by atoms with Gasteiger partial charge < -0.3 is 9.84 Å². The summed E-state index contributed by atoms with van der Waals surface area (Å²) in [5.41, 5.74) is 3.47. The number of allylic oxidation sites excluding steroid dienone is 4. The van der Waals surface area contributed by atoms with Crippen LogP contribution in [0.25, 0.3) is 0 Å². The fourth-order valence-corrected chi connectivity index (χ4v) is 3.88. The van der Waals surface area contributed by atoms with Crippen LogP contribution < -0.4 is 0 Å². The summed E-state index contributed by atoms with van der Waals surface area (Å²) >= 11 is 0. The van der Waals surface area contributed by atoms with Crippen molar-refractivity contribution < 1.29 is 14.6 Å². The number of rotatable bonds is 8. The summed E-state index contributed by atoms with van der Waals surface area (Å²) < 4.78 is 6.15. The smallest absolute Gasteiger partial charge is 0.328 e. The number of carboxylic acid groups (broad SMARTS) is 1. The third kappa shape index (κ3) is 6.84. The van der Waals surface area contributed by atoms with E-state index in [9.17, 15) is 4.79 Å². The van der Waals surface area contributed by atoms with Gasteiger partial charge in [0.2, 0.25) is 0 Å². The van der Waals surface area contributed by atoms with Gasteiger partial charge in [-0.05, 0) is 49.7 Å². The van der Waals surface area contributed by atoms with E-state index in [1.54, 1.807) is 0 Å². The Morgan fingerprint density at radius 1 is 1.30 bits per heavy atom. The number of aliphatic carboxylic acids is 1. The van der Waals surface area contributed by atoms with E-state index >= 15 is 0 Å². The standard InChI is InChI=1S/C24H32O3/c1-18(15-23(25)26)12-13-22-19(2)16-21(17-24(22,3)4)27-14-8-11-20-9-6-5-7-10-20/h5-7,9-10,12-13,15-16,21-22H,8,11,14,17H2,1-4H3,(H,25,26)/b13-12+,18-15-/t21?,22-/m0/s1. The van der Waals surface area contributed by atoms with Gasteiger partial charge in [-0.3, -0.25) is 0 Å². The lowest BCUT2D eigenvalue weighted by Gasteiger charge is -2.40. The van der Waals surface area contributed by atoms with E-state index in [0.29, 0.717) is 5.92 Å². The Kier molecular flexibility index (Phi) is 7.61. The average molecular weight is 369 g/mol. The van der Waals surface area contributed by atoms with Crippen LogP contribution in [0.4, 0.5) is 0 Å². The molecule has 1 aliphatic carbocycles. The van der Waals surface area contributed by atoms with E-state index in [0.717, 1.165) is 31.4 Å². The van der Waals surface area contributed by atoms with E-state index in [-0.39, 0.29) is 11.5 Å². The Balaban J connectivity index is 1.91. The number of carboxylic acids is 1. The van der Waals surface area contributed by atoms with Gasteiger partial charge >= 0.3 is 5.97 Å². The van der Waals surface area contributed by atoms with Crippen molar-refractivity contribution in [3.8, 4) is 0 Å². The summed E-state index contributed by atoms with van der Waals surface area (Å²) in [7, 11) is 0. The fraction of sp³-hybridized carbons (Fsp3) is 0.458. The van der Waals surface area contributed by atoms with Crippen molar-refractivity contribution in [2.75, 3.05) is 6.61 Å². The first-order valence-electron chi connectivity index (χ1n) is 9.71. The van der Waals surface area contributed by atoms with Gasteiger partial charge in [-0.25, -0.2) is 4.79 Å². The van der Waals surface area contributed by atoms with Crippen LogP contribution in [0, 0.1) is 11.3 Å². The van der Waals surface area contributed by atoms with Crippen LogP contribution in [-0.4, -0.2) is 23.8 Å². The molecule has 3 heteroatoms. The summed E-state index contributed by atoms with van der Waals surface area (Å²) in [6.45, 7) is 9.25. The van der Waals surface area contributed by atoms with Crippen LogP contribution in [-0.2, 0) is 16.0 Å². The minimum atomic E-state index is -0.906. The van der Waals surface area contributed by atoms with E-state index in [1.807, 2.05) is 19.1 Å². The molecule has 3 nitrogen and oxygen atoms in total. The highest BCUT2D eigenvalue weighted by atomic mass is 16.5. The highest BCUT2D eigenvalue weighted by molar-refractivity contribution is 5.81. The molecule has 0 amide bonds. The molecule has 0 spiro atoms. The first kappa shape index (κ1) is 21.2. The normalized spacial score (nSPS) is 22.7. The summed E-state index contributed by atoms with van der Waals surface area (Å²) in [6.07, 6.45) is 10.7. The van der Waals surface area contributed by atoms with Crippen molar-refractivity contribution in [1.82, 2.24) is 0 Å². The van der Waals surface area contributed by atoms with Crippen LogP contribution >= 0.6 is 0 Å². The first-order valence-corrected chi connectivity index (χ1v) is 9.71. The highest BCUT2D eigenvalue weighted by Gasteiger charge is 2.35. The van der Waals surface area contributed by atoms with Gasteiger partial charge in [-0.2, -0.15) is 0 Å². The van der Waals surface area contributed by atoms with Gasteiger partial charge in [0, 0.05) is 18.6 Å². The molecule has 1 aromatic rings. The van der Waals surface area contributed by atoms with Crippen molar-refractivity contribution >= 4 is 5.97 Å². The number of hydrogen-bond acceptors (Lipinski definition) is 2. The number of ether oxygens (including phenoxy) is 1. The summed E-state index contributed by atoms with van der Waals surface area (Å²) in [5.74, 6) is -0.616. The molecule has 0 saturated carbocycles. The van der Waals surface area contributed by atoms with Gasteiger partial charge in [0.05, 0.1) is 6.10 Å². The van der Waals surface area contributed by atoms with E-state index in [4.69, 9.17) is 9.84 Å². The van der Waals surface area contributed by atoms with E-state index in [1.165, 1.54) is 17.2 Å². The van der Waals surface area contributed by atoms with Crippen LogP contribution in [0.5, 0.6) is 0 Å². The zero-order valence-corrected chi connectivity index (χ0v) is 16.9. The number of benzene rings is 1.